The quantitative estimate of drug-likeness (QED) is 0.946. The lowest BCUT2D eigenvalue weighted by Gasteiger charge is -2.54. The average molecular weight is 310 g/mol. The van der Waals surface area contributed by atoms with Crippen LogP contribution in [0.4, 0.5) is 0 Å². The molecule has 1 unspecified atom stereocenters. The molecule has 2 aromatic rings. The summed E-state index contributed by atoms with van der Waals surface area (Å²) in [5.74, 6) is -1.22. The summed E-state index contributed by atoms with van der Waals surface area (Å²) in [5, 5.41) is 8.90. The predicted octanol–water partition coefficient (Wildman–Crippen LogP) is 3.00. The Morgan fingerprint density at radius 2 is 1.87 bits per heavy atom. The number of nitrogens with zero attached hydrogens (tertiary/aromatic N) is 2. The Kier molecular flexibility index (Phi) is 3.64. The molecule has 1 aromatic carbocycles. The number of aromatic nitrogens is 1. The van der Waals surface area contributed by atoms with Crippen molar-refractivity contribution in [2.45, 2.75) is 19.9 Å². The Balaban J connectivity index is 1.86. The highest BCUT2D eigenvalue weighted by atomic mass is 16.4. The summed E-state index contributed by atoms with van der Waals surface area (Å²) in [5.41, 5.74) is 1.44. The van der Waals surface area contributed by atoms with Gasteiger partial charge in [-0.05, 0) is 17.7 Å². The van der Waals surface area contributed by atoms with Crippen molar-refractivity contribution < 1.29 is 14.7 Å². The zero-order chi connectivity index (χ0) is 16.6. The molecule has 3 rings (SSSR count). The maximum atomic E-state index is 12.7. The third-order valence-corrected chi connectivity index (χ3v) is 4.24. The minimum atomic E-state index is -1.05. The molecular formula is C18H18N2O3. The van der Waals surface area contributed by atoms with Crippen LogP contribution in [0.1, 0.15) is 46.3 Å². The summed E-state index contributed by atoms with van der Waals surface area (Å²) in [6.07, 6.45) is 1.22. The minimum Gasteiger partial charge on any atom is -0.478 e. The van der Waals surface area contributed by atoms with Gasteiger partial charge in [0.15, 0.2) is 0 Å². The van der Waals surface area contributed by atoms with Crippen LogP contribution in [-0.4, -0.2) is 33.4 Å². The molecule has 1 atom stereocenters. The second-order valence-corrected chi connectivity index (χ2v) is 6.47. The van der Waals surface area contributed by atoms with Crippen molar-refractivity contribution in [3.05, 3.63) is 65.5 Å². The van der Waals surface area contributed by atoms with Gasteiger partial charge in [-0.15, -0.1) is 0 Å². The summed E-state index contributed by atoms with van der Waals surface area (Å²) in [7, 11) is 0. The molecule has 23 heavy (non-hydrogen) atoms. The summed E-state index contributed by atoms with van der Waals surface area (Å²) >= 11 is 0. The van der Waals surface area contributed by atoms with Gasteiger partial charge in [0, 0.05) is 18.2 Å². The van der Waals surface area contributed by atoms with Crippen molar-refractivity contribution in [1.82, 2.24) is 9.88 Å². The number of carbonyl (C=O) groups excluding carboxylic acids is 1. The normalized spacial score (nSPS) is 19.0. The minimum absolute atomic E-state index is 0.00197. The van der Waals surface area contributed by atoms with E-state index in [9.17, 15) is 9.59 Å². The van der Waals surface area contributed by atoms with E-state index in [0.29, 0.717) is 6.54 Å². The van der Waals surface area contributed by atoms with Gasteiger partial charge in [-0.1, -0.05) is 44.2 Å². The third kappa shape index (κ3) is 2.70. The van der Waals surface area contributed by atoms with Crippen molar-refractivity contribution in [2.24, 2.45) is 5.41 Å². The molecule has 1 fully saturated rings. The van der Waals surface area contributed by atoms with Crippen LogP contribution < -0.4 is 0 Å². The number of carboxylic acids is 1. The number of pyridine rings is 1. The van der Waals surface area contributed by atoms with Gasteiger partial charge in [0.25, 0.3) is 5.91 Å². The number of carbonyl (C=O) groups is 2. The summed E-state index contributed by atoms with van der Waals surface area (Å²) in [4.78, 5) is 29.4. The highest BCUT2D eigenvalue weighted by molar-refractivity contribution is 5.94. The zero-order valence-electron chi connectivity index (χ0n) is 13.1. The fraction of sp³-hybridized carbons (Fsp3) is 0.278. The highest BCUT2D eigenvalue weighted by Crippen LogP contribution is 2.48. The number of hydrogen-bond donors (Lipinski definition) is 1. The van der Waals surface area contributed by atoms with E-state index in [1.54, 1.807) is 4.90 Å². The lowest BCUT2D eigenvalue weighted by molar-refractivity contribution is -0.0326. The maximum Gasteiger partial charge on any atom is 0.337 e. The van der Waals surface area contributed by atoms with Crippen molar-refractivity contribution in [2.75, 3.05) is 6.54 Å². The molecular weight excluding hydrogens is 292 g/mol. The molecule has 1 aromatic heterocycles. The molecule has 0 saturated carbocycles. The van der Waals surface area contributed by atoms with Crippen LogP contribution in [0.2, 0.25) is 0 Å². The molecule has 0 radical (unpaired) electrons. The van der Waals surface area contributed by atoms with Gasteiger partial charge in [0.05, 0.1) is 11.6 Å². The van der Waals surface area contributed by atoms with E-state index in [1.165, 1.54) is 18.3 Å². The van der Waals surface area contributed by atoms with Crippen LogP contribution in [0, 0.1) is 5.41 Å². The van der Waals surface area contributed by atoms with Crippen LogP contribution in [0.25, 0.3) is 0 Å². The average Bonchev–Trinajstić information content (AvgIpc) is 2.53. The number of carboxylic acid groups (broad SMARTS) is 1. The molecule has 5 nitrogen and oxygen atoms in total. The van der Waals surface area contributed by atoms with Gasteiger partial charge in [-0.2, -0.15) is 0 Å². The van der Waals surface area contributed by atoms with E-state index in [1.807, 2.05) is 30.3 Å². The summed E-state index contributed by atoms with van der Waals surface area (Å²) in [6, 6.07) is 12.8. The molecule has 1 aliphatic heterocycles. The van der Waals surface area contributed by atoms with E-state index < -0.39 is 5.97 Å². The van der Waals surface area contributed by atoms with Crippen LogP contribution in [0.15, 0.2) is 48.7 Å². The Labute approximate surface area is 134 Å². The number of amides is 1. The lowest BCUT2D eigenvalue weighted by atomic mass is 9.71. The topological polar surface area (TPSA) is 70.5 Å². The lowest BCUT2D eigenvalue weighted by Crippen LogP contribution is -2.57. The van der Waals surface area contributed by atoms with Gasteiger partial charge in [0.2, 0.25) is 0 Å². The largest absolute Gasteiger partial charge is 0.478 e. The first-order chi connectivity index (χ1) is 10.9. The van der Waals surface area contributed by atoms with E-state index >= 15 is 0 Å². The maximum absolute atomic E-state index is 12.7. The van der Waals surface area contributed by atoms with Crippen molar-refractivity contribution in [3.8, 4) is 0 Å². The molecule has 2 heterocycles. The van der Waals surface area contributed by atoms with E-state index in [0.717, 1.165) is 5.56 Å². The Morgan fingerprint density at radius 3 is 2.39 bits per heavy atom. The standard InChI is InChI=1S/C18H18N2O3/c1-18(2)11-20(15(18)12-6-4-3-5-7-12)16(21)14-9-8-13(10-19-14)17(22)23/h3-10,15H,11H2,1-2H3,(H,22,23). The van der Waals surface area contributed by atoms with E-state index in [-0.39, 0.29) is 28.6 Å². The molecule has 1 saturated heterocycles. The van der Waals surface area contributed by atoms with Crippen LogP contribution in [0.3, 0.4) is 0 Å². The third-order valence-electron chi connectivity index (χ3n) is 4.24. The molecule has 1 amide bonds. The molecule has 5 heteroatoms. The summed E-state index contributed by atoms with van der Waals surface area (Å²) in [6.45, 7) is 4.92. The number of benzene rings is 1. The Bertz CT molecular complexity index is 739. The van der Waals surface area contributed by atoms with Crippen molar-refractivity contribution in [1.29, 1.82) is 0 Å². The highest BCUT2D eigenvalue weighted by Gasteiger charge is 2.49. The zero-order valence-corrected chi connectivity index (χ0v) is 13.1. The Morgan fingerprint density at radius 1 is 1.17 bits per heavy atom. The number of likely N-dealkylation sites (tertiary alicyclic amines) is 1. The molecule has 0 aliphatic carbocycles. The number of aromatic carboxylic acids is 1. The smallest absolute Gasteiger partial charge is 0.337 e. The molecule has 118 valence electrons. The number of hydrogen-bond acceptors (Lipinski definition) is 3. The number of rotatable bonds is 3. The molecule has 1 N–H and O–H groups in total. The fourth-order valence-electron chi connectivity index (χ4n) is 3.18. The van der Waals surface area contributed by atoms with Gasteiger partial charge >= 0.3 is 5.97 Å². The predicted molar refractivity (Wildman–Crippen MR) is 85.2 cm³/mol. The van der Waals surface area contributed by atoms with Crippen molar-refractivity contribution in [3.63, 3.8) is 0 Å². The molecule has 0 bridgehead atoms. The monoisotopic (exact) mass is 310 g/mol. The summed E-state index contributed by atoms with van der Waals surface area (Å²) < 4.78 is 0. The molecule has 0 spiro atoms. The van der Waals surface area contributed by atoms with Gasteiger partial charge in [0.1, 0.15) is 5.69 Å². The van der Waals surface area contributed by atoms with Crippen LogP contribution >= 0.6 is 0 Å². The molecule has 1 aliphatic rings. The van der Waals surface area contributed by atoms with Crippen LogP contribution in [0.5, 0.6) is 0 Å². The van der Waals surface area contributed by atoms with E-state index in [4.69, 9.17) is 5.11 Å². The first kappa shape index (κ1) is 15.2. The van der Waals surface area contributed by atoms with Gasteiger partial charge in [-0.3, -0.25) is 9.78 Å². The first-order valence-electron chi connectivity index (χ1n) is 7.45. The van der Waals surface area contributed by atoms with Gasteiger partial charge < -0.3 is 10.0 Å². The van der Waals surface area contributed by atoms with Crippen LogP contribution in [-0.2, 0) is 0 Å². The fourth-order valence-corrected chi connectivity index (χ4v) is 3.18. The Hall–Kier alpha value is -2.69. The second kappa shape index (κ2) is 5.50. The van der Waals surface area contributed by atoms with E-state index in [2.05, 4.69) is 18.8 Å². The first-order valence-corrected chi connectivity index (χ1v) is 7.45. The second-order valence-electron chi connectivity index (χ2n) is 6.47. The van der Waals surface area contributed by atoms with Gasteiger partial charge in [-0.25, -0.2) is 4.79 Å². The van der Waals surface area contributed by atoms with Crippen molar-refractivity contribution >= 4 is 11.9 Å². The SMILES string of the molecule is CC1(C)CN(C(=O)c2ccc(C(=O)O)cn2)C1c1ccccc1.